The summed E-state index contributed by atoms with van der Waals surface area (Å²) < 4.78 is 6.03. The zero-order valence-electron chi connectivity index (χ0n) is 11.3. The molecule has 0 saturated heterocycles. The van der Waals surface area contributed by atoms with Crippen LogP contribution in [0.1, 0.15) is 25.0 Å². The maximum Gasteiger partial charge on any atom is 0.0782 e. The van der Waals surface area contributed by atoms with Gasteiger partial charge < -0.3 is 14.7 Å². The summed E-state index contributed by atoms with van der Waals surface area (Å²) in [6, 6.07) is 7.95. The molecule has 0 heterocycles. The van der Waals surface area contributed by atoms with Gasteiger partial charge in [-0.3, -0.25) is 0 Å². The SMILES string of the molecule is COCCN(CCC#N)c1ccc(Br)cc1C(C)O. The Morgan fingerprint density at radius 1 is 1.47 bits per heavy atom. The van der Waals surface area contributed by atoms with Gasteiger partial charge in [0.25, 0.3) is 0 Å². The van der Waals surface area contributed by atoms with Crippen molar-refractivity contribution in [2.75, 3.05) is 31.7 Å². The molecule has 104 valence electrons. The molecule has 1 unspecified atom stereocenters. The summed E-state index contributed by atoms with van der Waals surface area (Å²) in [6.07, 6.45) is -0.112. The minimum Gasteiger partial charge on any atom is -0.389 e. The lowest BCUT2D eigenvalue weighted by Crippen LogP contribution is -2.29. The summed E-state index contributed by atoms with van der Waals surface area (Å²) in [5.74, 6) is 0. The third-order valence-corrected chi connectivity index (χ3v) is 3.33. The number of hydrogen-bond acceptors (Lipinski definition) is 4. The van der Waals surface area contributed by atoms with Gasteiger partial charge in [-0.2, -0.15) is 5.26 Å². The molecular formula is C14H19BrN2O2. The third kappa shape index (κ3) is 4.83. The van der Waals surface area contributed by atoms with Crippen molar-refractivity contribution in [2.45, 2.75) is 19.4 Å². The standard InChI is InChI=1S/C14H19BrN2O2/c1-11(18)13-10-12(15)4-5-14(13)17(7-3-6-16)8-9-19-2/h4-5,10-11,18H,3,7-9H2,1-2H3. The molecule has 1 atom stereocenters. The second-order valence-electron chi connectivity index (χ2n) is 4.27. The van der Waals surface area contributed by atoms with E-state index in [1.165, 1.54) is 0 Å². The van der Waals surface area contributed by atoms with Crippen molar-refractivity contribution in [3.05, 3.63) is 28.2 Å². The van der Waals surface area contributed by atoms with Gasteiger partial charge >= 0.3 is 0 Å². The monoisotopic (exact) mass is 326 g/mol. The first kappa shape index (κ1) is 16.0. The number of halogens is 1. The molecule has 0 bridgehead atoms. The van der Waals surface area contributed by atoms with Crippen molar-refractivity contribution in [3.8, 4) is 6.07 Å². The van der Waals surface area contributed by atoms with Gasteiger partial charge in [0, 0.05) is 35.9 Å². The zero-order chi connectivity index (χ0) is 14.3. The molecule has 1 aromatic rings. The van der Waals surface area contributed by atoms with Crippen LogP contribution in [0.15, 0.2) is 22.7 Å². The highest BCUT2D eigenvalue weighted by Gasteiger charge is 2.14. The van der Waals surface area contributed by atoms with Crippen LogP contribution in [0, 0.1) is 11.3 Å². The first-order valence-corrected chi connectivity index (χ1v) is 6.97. The fourth-order valence-electron chi connectivity index (χ4n) is 1.89. The molecule has 4 nitrogen and oxygen atoms in total. The van der Waals surface area contributed by atoms with E-state index in [1.807, 2.05) is 18.2 Å². The maximum atomic E-state index is 9.88. The molecular weight excluding hydrogens is 308 g/mol. The lowest BCUT2D eigenvalue weighted by molar-refractivity contribution is 0.197. The van der Waals surface area contributed by atoms with Crippen LogP contribution in [0.25, 0.3) is 0 Å². The van der Waals surface area contributed by atoms with Gasteiger partial charge in [0.15, 0.2) is 0 Å². The number of methoxy groups -OCH3 is 1. The Balaban J connectivity index is 3.02. The second kappa shape index (κ2) is 8.16. The average molecular weight is 327 g/mol. The Labute approximate surface area is 122 Å². The number of anilines is 1. The van der Waals surface area contributed by atoms with E-state index in [4.69, 9.17) is 10.00 Å². The number of hydrogen-bond donors (Lipinski definition) is 1. The van der Waals surface area contributed by atoms with Gasteiger partial charge in [0.05, 0.1) is 25.2 Å². The molecule has 1 rings (SSSR count). The number of nitrogens with zero attached hydrogens (tertiary/aromatic N) is 2. The smallest absolute Gasteiger partial charge is 0.0782 e. The van der Waals surface area contributed by atoms with Gasteiger partial charge in [-0.25, -0.2) is 0 Å². The summed E-state index contributed by atoms with van der Waals surface area (Å²) >= 11 is 3.41. The van der Waals surface area contributed by atoms with Gasteiger partial charge in [-0.15, -0.1) is 0 Å². The predicted octanol–water partition coefficient (Wildman–Crippen LogP) is 2.87. The molecule has 0 amide bonds. The van der Waals surface area contributed by atoms with Gasteiger partial charge in [-0.1, -0.05) is 15.9 Å². The minimum atomic E-state index is -0.556. The quantitative estimate of drug-likeness (QED) is 0.837. The first-order chi connectivity index (χ1) is 9.10. The van der Waals surface area contributed by atoms with Gasteiger partial charge in [0.2, 0.25) is 0 Å². The third-order valence-electron chi connectivity index (χ3n) is 2.84. The lowest BCUT2D eigenvalue weighted by atomic mass is 10.1. The molecule has 0 spiro atoms. The van der Waals surface area contributed by atoms with E-state index < -0.39 is 6.10 Å². The van der Waals surface area contributed by atoms with Crippen molar-refractivity contribution in [3.63, 3.8) is 0 Å². The normalized spacial score (nSPS) is 11.9. The summed E-state index contributed by atoms with van der Waals surface area (Å²) in [5.41, 5.74) is 1.80. The number of benzene rings is 1. The number of ether oxygens (including phenoxy) is 1. The van der Waals surface area contributed by atoms with Crippen LogP contribution in [-0.4, -0.2) is 31.9 Å². The highest BCUT2D eigenvalue weighted by molar-refractivity contribution is 9.10. The zero-order valence-corrected chi connectivity index (χ0v) is 12.9. The number of nitriles is 1. The van der Waals surface area contributed by atoms with Crippen LogP contribution in [0.5, 0.6) is 0 Å². The molecule has 0 aromatic heterocycles. The molecule has 0 aliphatic rings. The van der Waals surface area contributed by atoms with Gasteiger partial charge in [0.1, 0.15) is 0 Å². The largest absolute Gasteiger partial charge is 0.389 e. The Morgan fingerprint density at radius 3 is 2.79 bits per heavy atom. The molecule has 0 radical (unpaired) electrons. The number of aliphatic hydroxyl groups excluding tert-OH is 1. The minimum absolute atomic E-state index is 0.443. The molecule has 0 saturated carbocycles. The Morgan fingerprint density at radius 2 is 2.21 bits per heavy atom. The van der Waals surface area contributed by atoms with E-state index in [0.29, 0.717) is 26.1 Å². The van der Waals surface area contributed by atoms with Crippen molar-refractivity contribution in [2.24, 2.45) is 0 Å². The van der Waals surface area contributed by atoms with E-state index in [-0.39, 0.29) is 0 Å². The van der Waals surface area contributed by atoms with Crippen LogP contribution < -0.4 is 4.90 Å². The van der Waals surface area contributed by atoms with Crippen LogP contribution in [0.3, 0.4) is 0 Å². The Hall–Kier alpha value is -1.09. The van der Waals surface area contributed by atoms with E-state index in [1.54, 1.807) is 14.0 Å². The highest BCUT2D eigenvalue weighted by Crippen LogP contribution is 2.29. The molecule has 0 aliphatic carbocycles. The van der Waals surface area contributed by atoms with Gasteiger partial charge in [-0.05, 0) is 25.1 Å². The van der Waals surface area contributed by atoms with Crippen LogP contribution in [0.4, 0.5) is 5.69 Å². The summed E-state index contributed by atoms with van der Waals surface area (Å²) in [4.78, 5) is 2.07. The van der Waals surface area contributed by atoms with E-state index in [9.17, 15) is 5.11 Å². The summed E-state index contributed by atoms with van der Waals surface area (Å²) in [6.45, 7) is 3.64. The number of aliphatic hydroxyl groups is 1. The van der Waals surface area contributed by atoms with Crippen molar-refractivity contribution < 1.29 is 9.84 Å². The molecule has 1 aromatic carbocycles. The van der Waals surface area contributed by atoms with Crippen molar-refractivity contribution in [1.29, 1.82) is 5.26 Å². The summed E-state index contributed by atoms with van der Waals surface area (Å²) in [5, 5.41) is 18.6. The van der Waals surface area contributed by atoms with Crippen LogP contribution in [-0.2, 0) is 4.74 Å². The average Bonchev–Trinajstić information content (AvgIpc) is 2.39. The van der Waals surface area contributed by atoms with E-state index >= 15 is 0 Å². The molecule has 0 fully saturated rings. The Bertz CT molecular complexity index is 444. The fraction of sp³-hybridized carbons (Fsp3) is 0.500. The first-order valence-electron chi connectivity index (χ1n) is 6.18. The fourth-order valence-corrected chi connectivity index (χ4v) is 2.27. The van der Waals surface area contributed by atoms with Crippen molar-refractivity contribution >= 4 is 21.6 Å². The van der Waals surface area contributed by atoms with Crippen LogP contribution in [0.2, 0.25) is 0 Å². The van der Waals surface area contributed by atoms with E-state index in [0.717, 1.165) is 15.7 Å². The van der Waals surface area contributed by atoms with E-state index in [2.05, 4.69) is 26.9 Å². The van der Waals surface area contributed by atoms with Crippen molar-refractivity contribution in [1.82, 2.24) is 0 Å². The summed E-state index contributed by atoms with van der Waals surface area (Å²) in [7, 11) is 1.65. The number of rotatable bonds is 7. The van der Waals surface area contributed by atoms with Crippen LogP contribution >= 0.6 is 15.9 Å². The Kier molecular flexibility index (Phi) is 6.85. The molecule has 5 heteroatoms. The molecule has 19 heavy (non-hydrogen) atoms. The molecule has 0 aliphatic heterocycles. The highest BCUT2D eigenvalue weighted by atomic mass is 79.9. The maximum absolute atomic E-state index is 9.88. The predicted molar refractivity (Wildman–Crippen MR) is 79.1 cm³/mol. The molecule has 1 N–H and O–H groups in total. The topological polar surface area (TPSA) is 56.5 Å². The second-order valence-corrected chi connectivity index (χ2v) is 5.18. The lowest BCUT2D eigenvalue weighted by Gasteiger charge is -2.27.